The highest BCUT2D eigenvalue weighted by Gasteiger charge is 2.26. The predicted molar refractivity (Wildman–Crippen MR) is 123 cm³/mol. The predicted octanol–water partition coefficient (Wildman–Crippen LogP) is 3.17. The van der Waals surface area contributed by atoms with Crippen molar-refractivity contribution in [3.8, 4) is 5.75 Å². The summed E-state index contributed by atoms with van der Waals surface area (Å²) in [5, 5.41) is 0. The van der Waals surface area contributed by atoms with Crippen LogP contribution >= 0.6 is 0 Å². The van der Waals surface area contributed by atoms with Gasteiger partial charge < -0.3 is 19.1 Å². The number of carbonyl (C=O) groups excluding carboxylic acids is 1. The highest BCUT2D eigenvalue weighted by atomic mass is 16.5. The fraction of sp³-hybridized carbons (Fsp3) is 0.400. The Kier molecular flexibility index (Phi) is 7.17. The molecule has 1 amide bonds. The lowest BCUT2D eigenvalue weighted by Crippen LogP contribution is -2.46. The van der Waals surface area contributed by atoms with Gasteiger partial charge in [-0.15, -0.1) is 0 Å². The molecule has 0 aliphatic carbocycles. The smallest absolute Gasteiger partial charge is 0.253 e. The quantitative estimate of drug-likeness (QED) is 0.546. The van der Waals surface area contributed by atoms with Crippen LogP contribution < -0.4 is 4.74 Å². The van der Waals surface area contributed by atoms with Crippen molar-refractivity contribution < 1.29 is 9.53 Å². The molecule has 0 N–H and O–H groups in total. The van der Waals surface area contributed by atoms with Crippen LogP contribution in [0.2, 0.25) is 0 Å². The van der Waals surface area contributed by atoms with Crippen molar-refractivity contribution >= 4 is 5.91 Å². The molecule has 4 rings (SSSR count). The van der Waals surface area contributed by atoms with Crippen molar-refractivity contribution in [3.05, 3.63) is 78.1 Å². The lowest BCUT2D eigenvalue weighted by molar-refractivity contribution is 0.0643. The highest BCUT2D eigenvalue weighted by molar-refractivity contribution is 5.94. The summed E-state index contributed by atoms with van der Waals surface area (Å²) in [4.78, 5) is 26.0. The number of likely N-dealkylation sites (tertiary alicyclic amines) is 1. The molecule has 0 bridgehead atoms. The number of amides is 1. The number of imidazole rings is 1. The summed E-state index contributed by atoms with van der Waals surface area (Å²) in [5.41, 5.74) is 1.82. The average Bonchev–Trinajstić information content (AvgIpc) is 3.26. The van der Waals surface area contributed by atoms with Crippen LogP contribution in [0.15, 0.2) is 61.1 Å². The van der Waals surface area contributed by atoms with Gasteiger partial charge in [0.2, 0.25) is 0 Å². The maximum atomic E-state index is 13.0. The van der Waals surface area contributed by atoms with Gasteiger partial charge in [0.15, 0.2) is 0 Å². The third kappa shape index (κ3) is 5.53. The molecule has 0 unspecified atom stereocenters. The Bertz CT molecular complexity index is 995. The maximum absolute atomic E-state index is 13.0. The zero-order chi connectivity index (χ0) is 22.3. The van der Waals surface area contributed by atoms with Gasteiger partial charge in [-0.1, -0.05) is 6.07 Å². The summed E-state index contributed by atoms with van der Waals surface area (Å²) < 4.78 is 7.72. The zero-order valence-corrected chi connectivity index (χ0v) is 18.9. The van der Waals surface area contributed by atoms with Crippen molar-refractivity contribution in [2.45, 2.75) is 31.9 Å². The monoisotopic (exact) mass is 433 g/mol. The Hall–Kier alpha value is -3.19. The van der Waals surface area contributed by atoms with E-state index in [1.165, 1.54) is 0 Å². The molecule has 3 aromatic rings. The molecular formula is C25H31N5O2. The summed E-state index contributed by atoms with van der Waals surface area (Å²) in [6.45, 7) is 3.43. The van der Waals surface area contributed by atoms with Crippen LogP contribution in [0.4, 0.5) is 0 Å². The summed E-state index contributed by atoms with van der Waals surface area (Å²) in [6, 6.07) is 13.7. The van der Waals surface area contributed by atoms with E-state index in [0.717, 1.165) is 56.2 Å². The normalized spacial score (nSPS) is 14.9. The van der Waals surface area contributed by atoms with E-state index in [1.807, 2.05) is 72.4 Å². The van der Waals surface area contributed by atoms with Crippen LogP contribution in [-0.4, -0.2) is 63.0 Å². The second kappa shape index (κ2) is 10.4. The lowest BCUT2D eigenvalue weighted by atomic mass is 10.0. The fourth-order valence-electron chi connectivity index (χ4n) is 4.10. The first-order valence-corrected chi connectivity index (χ1v) is 11.2. The maximum Gasteiger partial charge on any atom is 0.253 e. The van der Waals surface area contributed by atoms with Crippen LogP contribution in [0.5, 0.6) is 5.75 Å². The Morgan fingerprint density at radius 3 is 2.53 bits per heavy atom. The minimum absolute atomic E-state index is 0.0626. The van der Waals surface area contributed by atoms with E-state index in [9.17, 15) is 4.79 Å². The molecule has 7 nitrogen and oxygen atoms in total. The SMILES string of the molecule is CN(C(=O)c1ccc(OCc2nccn2C)cc1)C1CCN(CCc2ccccn2)CC1. The summed E-state index contributed by atoms with van der Waals surface area (Å²) in [7, 11) is 3.86. The number of carbonyl (C=O) groups is 1. The Morgan fingerprint density at radius 1 is 1.09 bits per heavy atom. The molecule has 2 aromatic heterocycles. The van der Waals surface area contributed by atoms with Crippen molar-refractivity contribution in [1.82, 2.24) is 24.3 Å². The highest BCUT2D eigenvalue weighted by Crippen LogP contribution is 2.20. The first kappa shape index (κ1) is 22.0. The molecule has 1 aromatic carbocycles. The van der Waals surface area contributed by atoms with E-state index < -0.39 is 0 Å². The second-order valence-electron chi connectivity index (χ2n) is 8.33. The molecule has 0 radical (unpaired) electrons. The Morgan fingerprint density at radius 2 is 1.88 bits per heavy atom. The molecular weight excluding hydrogens is 402 g/mol. The molecule has 1 aliphatic heterocycles. The lowest BCUT2D eigenvalue weighted by Gasteiger charge is -2.36. The third-order valence-corrected chi connectivity index (χ3v) is 6.23. The largest absolute Gasteiger partial charge is 0.486 e. The molecule has 32 heavy (non-hydrogen) atoms. The van der Waals surface area contributed by atoms with Crippen molar-refractivity contribution in [2.24, 2.45) is 7.05 Å². The van der Waals surface area contributed by atoms with Crippen molar-refractivity contribution in [1.29, 1.82) is 0 Å². The second-order valence-corrected chi connectivity index (χ2v) is 8.33. The van der Waals surface area contributed by atoms with E-state index in [0.29, 0.717) is 12.2 Å². The fourth-order valence-corrected chi connectivity index (χ4v) is 4.10. The van der Waals surface area contributed by atoms with Crippen LogP contribution in [0.25, 0.3) is 0 Å². The van der Waals surface area contributed by atoms with E-state index in [2.05, 4.69) is 20.9 Å². The van der Waals surface area contributed by atoms with E-state index in [1.54, 1.807) is 6.20 Å². The molecule has 168 valence electrons. The number of rotatable bonds is 8. The number of aryl methyl sites for hydroxylation is 1. The molecule has 1 aliphatic rings. The first-order valence-electron chi connectivity index (χ1n) is 11.2. The van der Waals surface area contributed by atoms with Crippen molar-refractivity contribution in [2.75, 3.05) is 26.7 Å². The number of piperidine rings is 1. The minimum atomic E-state index is 0.0626. The summed E-state index contributed by atoms with van der Waals surface area (Å²) >= 11 is 0. The van der Waals surface area contributed by atoms with Gasteiger partial charge in [0.25, 0.3) is 5.91 Å². The van der Waals surface area contributed by atoms with Gasteiger partial charge in [-0.3, -0.25) is 9.78 Å². The van der Waals surface area contributed by atoms with Gasteiger partial charge in [-0.25, -0.2) is 4.98 Å². The number of ether oxygens (including phenoxy) is 1. The van der Waals surface area contributed by atoms with Gasteiger partial charge >= 0.3 is 0 Å². The van der Waals surface area contributed by atoms with Gasteiger partial charge in [-0.2, -0.15) is 0 Å². The Labute approximate surface area is 189 Å². The minimum Gasteiger partial charge on any atom is -0.486 e. The van der Waals surface area contributed by atoms with Crippen LogP contribution in [-0.2, 0) is 20.1 Å². The molecule has 1 saturated heterocycles. The molecule has 0 atom stereocenters. The number of aromatic nitrogens is 3. The third-order valence-electron chi connectivity index (χ3n) is 6.23. The standard InChI is InChI=1S/C25H31N5O2/c1-28-18-14-27-24(28)19-32-23-8-6-20(7-9-23)25(31)29(2)22-11-16-30(17-12-22)15-10-21-5-3-4-13-26-21/h3-9,13-14,18,22H,10-12,15-17,19H2,1-2H3. The van der Waals surface area contributed by atoms with Crippen LogP contribution in [0.1, 0.15) is 34.7 Å². The van der Waals surface area contributed by atoms with Gasteiger partial charge in [0.05, 0.1) is 0 Å². The number of hydrogen-bond acceptors (Lipinski definition) is 5. The van der Waals surface area contributed by atoms with Gasteiger partial charge in [0, 0.05) is 76.0 Å². The number of pyridine rings is 1. The topological polar surface area (TPSA) is 63.5 Å². The van der Waals surface area contributed by atoms with E-state index in [-0.39, 0.29) is 11.9 Å². The van der Waals surface area contributed by atoms with E-state index >= 15 is 0 Å². The number of nitrogens with zero attached hydrogens (tertiary/aromatic N) is 5. The molecule has 3 heterocycles. The van der Waals surface area contributed by atoms with Crippen LogP contribution in [0, 0.1) is 0 Å². The molecule has 1 fully saturated rings. The molecule has 7 heteroatoms. The molecule has 0 saturated carbocycles. The van der Waals surface area contributed by atoms with Gasteiger partial charge in [-0.05, 0) is 49.2 Å². The van der Waals surface area contributed by atoms with Gasteiger partial charge in [0.1, 0.15) is 18.2 Å². The van der Waals surface area contributed by atoms with Crippen LogP contribution in [0.3, 0.4) is 0 Å². The Balaban J connectivity index is 1.24. The summed E-state index contributed by atoms with van der Waals surface area (Å²) in [6.07, 6.45) is 8.45. The summed E-state index contributed by atoms with van der Waals surface area (Å²) in [5.74, 6) is 1.65. The molecule has 0 spiro atoms. The number of hydrogen-bond donors (Lipinski definition) is 0. The van der Waals surface area contributed by atoms with E-state index in [4.69, 9.17) is 4.74 Å². The zero-order valence-electron chi connectivity index (χ0n) is 18.9. The average molecular weight is 434 g/mol. The van der Waals surface area contributed by atoms with Crippen molar-refractivity contribution in [3.63, 3.8) is 0 Å². The number of benzene rings is 1. The first-order chi connectivity index (χ1) is 15.6.